The second kappa shape index (κ2) is 8.05. The molecule has 2 rings (SSSR count). The standard InChI is InChI=1S/C17H18N2O3/c20-16(21)10-9-15(17(22)13-6-2-1-3-7-13)19-12-14-8-4-5-11-18-14/h1-8,11,15,19H,9-10,12H2,(H,20,21). The van der Waals surface area contributed by atoms with Crippen LogP contribution in [-0.4, -0.2) is 27.9 Å². The number of Topliss-reactive ketones (excluding diaryl/α,β-unsaturated/α-hetero) is 1. The van der Waals surface area contributed by atoms with Crippen molar-refractivity contribution < 1.29 is 14.7 Å². The molecule has 114 valence electrons. The molecule has 0 aliphatic carbocycles. The quantitative estimate of drug-likeness (QED) is 0.731. The van der Waals surface area contributed by atoms with E-state index in [0.29, 0.717) is 12.1 Å². The zero-order valence-corrected chi connectivity index (χ0v) is 12.1. The number of ketones is 1. The van der Waals surface area contributed by atoms with Crippen molar-refractivity contribution in [2.45, 2.75) is 25.4 Å². The first-order valence-corrected chi connectivity index (χ1v) is 7.11. The van der Waals surface area contributed by atoms with Crippen molar-refractivity contribution in [2.75, 3.05) is 0 Å². The summed E-state index contributed by atoms with van der Waals surface area (Å²) in [5.74, 6) is -1.01. The molecule has 0 spiro atoms. The van der Waals surface area contributed by atoms with Crippen LogP contribution in [-0.2, 0) is 11.3 Å². The van der Waals surface area contributed by atoms with E-state index < -0.39 is 12.0 Å². The number of pyridine rings is 1. The number of rotatable bonds is 8. The van der Waals surface area contributed by atoms with Crippen LogP contribution >= 0.6 is 0 Å². The highest BCUT2D eigenvalue weighted by Crippen LogP contribution is 2.09. The minimum absolute atomic E-state index is 0.0571. The lowest BCUT2D eigenvalue weighted by Crippen LogP contribution is -2.37. The van der Waals surface area contributed by atoms with Crippen LogP contribution in [0.2, 0.25) is 0 Å². The van der Waals surface area contributed by atoms with Crippen molar-refractivity contribution in [3.63, 3.8) is 0 Å². The average molecular weight is 298 g/mol. The molecule has 1 heterocycles. The number of carbonyl (C=O) groups excluding carboxylic acids is 1. The van der Waals surface area contributed by atoms with Gasteiger partial charge in [-0.3, -0.25) is 14.6 Å². The third kappa shape index (κ3) is 4.79. The summed E-state index contributed by atoms with van der Waals surface area (Å²) in [5.41, 5.74) is 1.38. The van der Waals surface area contributed by atoms with Gasteiger partial charge in [-0.05, 0) is 18.6 Å². The maximum absolute atomic E-state index is 12.5. The molecule has 0 saturated heterocycles. The molecule has 1 unspecified atom stereocenters. The van der Waals surface area contributed by atoms with Gasteiger partial charge in [0.2, 0.25) is 0 Å². The van der Waals surface area contributed by atoms with Crippen LogP contribution in [0.4, 0.5) is 0 Å². The number of nitrogens with one attached hydrogen (secondary N) is 1. The summed E-state index contributed by atoms with van der Waals surface area (Å²) in [4.78, 5) is 27.5. The molecular formula is C17H18N2O3. The van der Waals surface area contributed by atoms with E-state index in [-0.39, 0.29) is 18.6 Å². The van der Waals surface area contributed by atoms with Crippen LogP contribution in [0, 0.1) is 0 Å². The molecule has 5 nitrogen and oxygen atoms in total. The molecule has 0 amide bonds. The Morgan fingerprint density at radius 3 is 2.45 bits per heavy atom. The van der Waals surface area contributed by atoms with Crippen molar-refractivity contribution in [1.29, 1.82) is 0 Å². The van der Waals surface area contributed by atoms with Gasteiger partial charge in [0.15, 0.2) is 5.78 Å². The number of aliphatic carboxylic acids is 1. The van der Waals surface area contributed by atoms with E-state index in [1.165, 1.54) is 0 Å². The molecule has 0 aliphatic rings. The van der Waals surface area contributed by atoms with Gasteiger partial charge in [0.25, 0.3) is 0 Å². The van der Waals surface area contributed by atoms with Gasteiger partial charge >= 0.3 is 5.97 Å². The van der Waals surface area contributed by atoms with E-state index in [9.17, 15) is 9.59 Å². The first-order valence-electron chi connectivity index (χ1n) is 7.11. The van der Waals surface area contributed by atoms with Crippen molar-refractivity contribution in [3.8, 4) is 0 Å². The van der Waals surface area contributed by atoms with Crippen molar-refractivity contribution in [3.05, 3.63) is 66.0 Å². The molecule has 0 fully saturated rings. The molecule has 2 aromatic rings. The first-order chi connectivity index (χ1) is 10.7. The maximum atomic E-state index is 12.5. The molecule has 1 aromatic carbocycles. The summed E-state index contributed by atoms with van der Waals surface area (Å²) in [6, 6.07) is 13.9. The molecule has 0 saturated carbocycles. The lowest BCUT2D eigenvalue weighted by Gasteiger charge is -2.17. The molecule has 0 radical (unpaired) electrons. The fourth-order valence-corrected chi connectivity index (χ4v) is 2.13. The SMILES string of the molecule is O=C(O)CCC(NCc1ccccn1)C(=O)c1ccccc1. The van der Waals surface area contributed by atoms with E-state index in [4.69, 9.17) is 5.11 Å². The summed E-state index contributed by atoms with van der Waals surface area (Å²) in [5, 5.41) is 12.0. The van der Waals surface area contributed by atoms with Crippen LogP contribution in [0.15, 0.2) is 54.7 Å². The molecular weight excluding hydrogens is 280 g/mol. The Bertz CT molecular complexity index is 614. The number of hydrogen-bond acceptors (Lipinski definition) is 4. The zero-order valence-electron chi connectivity index (χ0n) is 12.1. The summed E-state index contributed by atoms with van der Waals surface area (Å²) < 4.78 is 0. The summed E-state index contributed by atoms with van der Waals surface area (Å²) in [6.07, 6.45) is 1.87. The summed E-state index contributed by atoms with van der Waals surface area (Å²) in [7, 11) is 0. The highest BCUT2D eigenvalue weighted by atomic mass is 16.4. The number of carboxylic acid groups (broad SMARTS) is 1. The van der Waals surface area contributed by atoms with Gasteiger partial charge < -0.3 is 10.4 Å². The molecule has 2 N–H and O–H groups in total. The van der Waals surface area contributed by atoms with Crippen LogP contribution in [0.1, 0.15) is 28.9 Å². The van der Waals surface area contributed by atoms with Crippen LogP contribution in [0.25, 0.3) is 0 Å². The van der Waals surface area contributed by atoms with Crippen LogP contribution in [0.5, 0.6) is 0 Å². The normalized spacial score (nSPS) is 11.8. The lowest BCUT2D eigenvalue weighted by molar-refractivity contribution is -0.137. The van der Waals surface area contributed by atoms with Crippen molar-refractivity contribution in [2.24, 2.45) is 0 Å². The van der Waals surface area contributed by atoms with Gasteiger partial charge in [0, 0.05) is 24.7 Å². The maximum Gasteiger partial charge on any atom is 0.303 e. The predicted octanol–water partition coefficient (Wildman–Crippen LogP) is 2.29. The number of carbonyl (C=O) groups is 2. The fraction of sp³-hybridized carbons (Fsp3) is 0.235. The molecule has 5 heteroatoms. The monoisotopic (exact) mass is 298 g/mol. The lowest BCUT2D eigenvalue weighted by atomic mass is 10.00. The number of hydrogen-bond donors (Lipinski definition) is 2. The van der Waals surface area contributed by atoms with Gasteiger partial charge in [-0.25, -0.2) is 0 Å². The van der Waals surface area contributed by atoms with Gasteiger partial charge in [0.05, 0.1) is 11.7 Å². The van der Waals surface area contributed by atoms with Crippen molar-refractivity contribution >= 4 is 11.8 Å². The largest absolute Gasteiger partial charge is 0.481 e. The average Bonchev–Trinajstić information content (AvgIpc) is 2.56. The number of benzene rings is 1. The van der Waals surface area contributed by atoms with Gasteiger partial charge in [-0.1, -0.05) is 36.4 Å². The van der Waals surface area contributed by atoms with E-state index in [1.807, 2.05) is 24.3 Å². The van der Waals surface area contributed by atoms with Gasteiger partial charge in [-0.15, -0.1) is 0 Å². The van der Waals surface area contributed by atoms with E-state index >= 15 is 0 Å². The third-order valence-corrected chi connectivity index (χ3v) is 3.28. The fourth-order valence-electron chi connectivity index (χ4n) is 2.13. The Labute approximate surface area is 129 Å². The highest BCUT2D eigenvalue weighted by Gasteiger charge is 2.20. The molecule has 0 bridgehead atoms. The minimum atomic E-state index is -0.912. The Balaban J connectivity index is 2.05. The Kier molecular flexibility index (Phi) is 5.80. The Morgan fingerprint density at radius 1 is 1.09 bits per heavy atom. The molecule has 1 aromatic heterocycles. The van der Waals surface area contributed by atoms with Gasteiger partial charge in [-0.2, -0.15) is 0 Å². The van der Waals surface area contributed by atoms with Crippen LogP contribution in [0.3, 0.4) is 0 Å². The topological polar surface area (TPSA) is 79.3 Å². The van der Waals surface area contributed by atoms with E-state index in [0.717, 1.165) is 5.69 Å². The van der Waals surface area contributed by atoms with Gasteiger partial charge in [0.1, 0.15) is 0 Å². The Hall–Kier alpha value is -2.53. The predicted molar refractivity (Wildman–Crippen MR) is 82.5 cm³/mol. The van der Waals surface area contributed by atoms with Crippen LogP contribution < -0.4 is 5.32 Å². The van der Waals surface area contributed by atoms with E-state index in [1.54, 1.807) is 30.5 Å². The summed E-state index contributed by atoms with van der Waals surface area (Å²) >= 11 is 0. The Morgan fingerprint density at radius 2 is 1.82 bits per heavy atom. The number of aromatic nitrogens is 1. The van der Waals surface area contributed by atoms with E-state index in [2.05, 4.69) is 10.3 Å². The van der Waals surface area contributed by atoms with Crippen molar-refractivity contribution in [1.82, 2.24) is 10.3 Å². The second-order valence-corrected chi connectivity index (χ2v) is 4.92. The third-order valence-electron chi connectivity index (χ3n) is 3.28. The molecule has 22 heavy (non-hydrogen) atoms. The highest BCUT2D eigenvalue weighted by molar-refractivity contribution is 6.00. The zero-order chi connectivity index (χ0) is 15.8. The first kappa shape index (κ1) is 15.9. The smallest absolute Gasteiger partial charge is 0.303 e. The number of nitrogens with zero attached hydrogens (tertiary/aromatic N) is 1. The summed E-state index contributed by atoms with van der Waals surface area (Å²) in [6.45, 7) is 0.420. The minimum Gasteiger partial charge on any atom is -0.481 e. The molecule has 1 atom stereocenters. The molecule has 0 aliphatic heterocycles. The second-order valence-electron chi connectivity index (χ2n) is 4.92. The number of carboxylic acids is 1.